The van der Waals surface area contributed by atoms with Crippen LogP contribution in [-0.2, 0) is 4.79 Å². The molecule has 1 aromatic carbocycles. The number of carbonyl (C=O) groups is 1. The van der Waals surface area contributed by atoms with Crippen LogP contribution in [0.15, 0.2) is 42.6 Å². The number of pyridine rings is 1. The summed E-state index contributed by atoms with van der Waals surface area (Å²) in [6.45, 7) is 2.03. The number of nitrogens with one attached hydrogen (secondary N) is 1. The molecule has 0 radical (unpaired) electrons. The van der Waals surface area contributed by atoms with Gasteiger partial charge in [0.05, 0.1) is 17.1 Å². The first-order chi connectivity index (χ1) is 9.25. The number of fused-ring (bicyclic) bond motifs is 1. The Morgan fingerprint density at radius 1 is 1.37 bits per heavy atom. The van der Waals surface area contributed by atoms with Crippen molar-refractivity contribution in [2.45, 2.75) is 19.8 Å². The van der Waals surface area contributed by atoms with Gasteiger partial charge in [-0.1, -0.05) is 18.2 Å². The van der Waals surface area contributed by atoms with Crippen molar-refractivity contribution >= 4 is 22.5 Å². The molecule has 1 aromatic heterocycles. The Bertz CT molecular complexity index is 661. The molecule has 2 aromatic rings. The summed E-state index contributed by atoms with van der Waals surface area (Å²) in [6, 6.07) is 7.84. The monoisotopic (exact) mass is 252 g/mol. The number of allylic oxidation sites excluding steroid dienone is 1. The van der Waals surface area contributed by atoms with E-state index in [1.807, 2.05) is 37.3 Å². The van der Waals surface area contributed by atoms with E-state index in [2.05, 4.69) is 16.4 Å². The summed E-state index contributed by atoms with van der Waals surface area (Å²) in [6.07, 6.45) is 7.74. The second-order valence-electron chi connectivity index (χ2n) is 4.93. The van der Waals surface area contributed by atoms with Crippen molar-refractivity contribution in [1.29, 1.82) is 0 Å². The number of aromatic nitrogens is 1. The maximum atomic E-state index is 12.2. The maximum Gasteiger partial charge on any atom is 0.231 e. The minimum Gasteiger partial charge on any atom is -0.325 e. The number of nitrogens with zero attached hydrogens (tertiary/aromatic N) is 1. The minimum absolute atomic E-state index is 0.00743. The van der Waals surface area contributed by atoms with Crippen LogP contribution in [0.4, 0.5) is 5.69 Å². The Kier molecular flexibility index (Phi) is 3.03. The number of rotatable bonds is 2. The van der Waals surface area contributed by atoms with Crippen LogP contribution in [0.5, 0.6) is 0 Å². The van der Waals surface area contributed by atoms with Crippen molar-refractivity contribution < 1.29 is 4.79 Å². The van der Waals surface area contributed by atoms with E-state index in [0.717, 1.165) is 35.0 Å². The van der Waals surface area contributed by atoms with Gasteiger partial charge >= 0.3 is 0 Å². The standard InChI is InChI=1S/C16H16N2O/c1-11-8-9-14(13-7-4-10-17-15(11)13)18-16(19)12-5-2-3-6-12/h2,4-5,7-10,12H,3,6H2,1H3,(H,18,19). The summed E-state index contributed by atoms with van der Waals surface area (Å²) >= 11 is 0. The Hall–Kier alpha value is -2.16. The van der Waals surface area contributed by atoms with Gasteiger partial charge in [-0.25, -0.2) is 0 Å². The Morgan fingerprint density at radius 3 is 3.05 bits per heavy atom. The van der Waals surface area contributed by atoms with Crippen molar-refractivity contribution in [2.24, 2.45) is 5.92 Å². The van der Waals surface area contributed by atoms with Crippen molar-refractivity contribution in [2.75, 3.05) is 5.32 Å². The van der Waals surface area contributed by atoms with Crippen LogP contribution in [0.2, 0.25) is 0 Å². The molecule has 0 spiro atoms. The Morgan fingerprint density at radius 2 is 2.26 bits per heavy atom. The first kappa shape index (κ1) is 11.9. The van der Waals surface area contributed by atoms with Crippen LogP contribution in [-0.4, -0.2) is 10.9 Å². The predicted molar refractivity (Wildman–Crippen MR) is 77.0 cm³/mol. The van der Waals surface area contributed by atoms with Gasteiger partial charge in [-0.2, -0.15) is 0 Å². The lowest BCUT2D eigenvalue weighted by atomic mass is 10.1. The zero-order chi connectivity index (χ0) is 13.2. The van der Waals surface area contributed by atoms with Crippen LogP contribution in [0.25, 0.3) is 10.9 Å². The van der Waals surface area contributed by atoms with Gasteiger partial charge in [-0.3, -0.25) is 9.78 Å². The molecule has 1 heterocycles. The quantitative estimate of drug-likeness (QED) is 0.832. The van der Waals surface area contributed by atoms with Crippen LogP contribution in [0.3, 0.4) is 0 Å². The number of anilines is 1. The lowest BCUT2D eigenvalue weighted by molar-refractivity contribution is -0.118. The molecular formula is C16H16N2O. The molecule has 3 heteroatoms. The fourth-order valence-corrected chi connectivity index (χ4v) is 2.50. The highest BCUT2D eigenvalue weighted by molar-refractivity contribution is 6.03. The highest BCUT2D eigenvalue weighted by Gasteiger charge is 2.18. The fraction of sp³-hybridized carbons (Fsp3) is 0.250. The molecule has 1 unspecified atom stereocenters. The summed E-state index contributed by atoms with van der Waals surface area (Å²) in [5.74, 6) is 0.0794. The third-order valence-electron chi connectivity index (χ3n) is 3.58. The van der Waals surface area contributed by atoms with Crippen molar-refractivity contribution in [3.05, 3.63) is 48.2 Å². The lowest BCUT2D eigenvalue weighted by Crippen LogP contribution is -2.19. The van der Waals surface area contributed by atoms with Gasteiger partial charge in [-0.05, 0) is 43.5 Å². The molecule has 3 rings (SSSR count). The summed E-state index contributed by atoms with van der Waals surface area (Å²) in [4.78, 5) is 16.5. The Balaban J connectivity index is 1.95. The average molecular weight is 252 g/mol. The number of aryl methyl sites for hydroxylation is 1. The number of carbonyl (C=O) groups excluding carboxylic acids is 1. The van der Waals surface area contributed by atoms with Crippen LogP contribution >= 0.6 is 0 Å². The van der Waals surface area contributed by atoms with Gasteiger partial charge in [0.1, 0.15) is 0 Å². The van der Waals surface area contributed by atoms with Crippen LogP contribution in [0, 0.1) is 12.8 Å². The first-order valence-corrected chi connectivity index (χ1v) is 6.57. The van der Waals surface area contributed by atoms with E-state index in [1.54, 1.807) is 6.20 Å². The Labute approximate surface area is 112 Å². The molecule has 1 N–H and O–H groups in total. The highest BCUT2D eigenvalue weighted by Crippen LogP contribution is 2.26. The van der Waals surface area contributed by atoms with E-state index in [1.165, 1.54) is 0 Å². The van der Waals surface area contributed by atoms with Gasteiger partial charge in [-0.15, -0.1) is 0 Å². The van der Waals surface area contributed by atoms with E-state index in [0.29, 0.717) is 0 Å². The molecule has 1 amide bonds. The van der Waals surface area contributed by atoms with E-state index in [9.17, 15) is 4.79 Å². The number of hydrogen-bond donors (Lipinski definition) is 1. The second-order valence-corrected chi connectivity index (χ2v) is 4.93. The molecule has 0 fully saturated rings. The molecule has 19 heavy (non-hydrogen) atoms. The normalized spacial score (nSPS) is 17.8. The molecule has 0 saturated carbocycles. The summed E-state index contributed by atoms with van der Waals surface area (Å²) in [7, 11) is 0. The molecule has 3 nitrogen and oxygen atoms in total. The zero-order valence-electron chi connectivity index (χ0n) is 10.9. The molecule has 0 aliphatic heterocycles. The highest BCUT2D eigenvalue weighted by atomic mass is 16.1. The van der Waals surface area contributed by atoms with Crippen LogP contribution < -0.4 is 5.32 Å². The third-order valence-corrected chi connectivity index (χ3v) is 3.58. The fourth-order valence-electron chi connectivity index (χ4n) is 2.50. The van der Waals surface area contributed by atoms with E-state index < -0.39 is 0 Å². The summed E-state index contributed by atoms with van der Waals surface area (Å²) in [5, 5.41) is 4.02. The maximum absolute atomic E-state index is 12.2. The van der Waals surface area contributed by atoms with Gasteiger partial charge in [0.25, 0.3) is 0 Å². The molecule has 0 bridgehead atoms. The average Bonchev–Trinajstić information content (AvgIpc) is 2.96. The lowest BCUT2D eigenvalue weighted by Gasteiger charge is -2.12. The molecule has 0 saturated heterocycles. The predicted octanol–water partition coefficient (Wildman–Crippen LogP) is 3.45. The number of hydrogen-bond acceptors (Lipinski definition) is 2. The molecule has 1 atom stereocenters. The summed E-state index contributed by atoms with van der Waals surface area (Å²) < 4.78 is 0. The number of benzene rings is 1. The topological polar surface area (TPSA) is 42.0 Å². The third kappa shape index (κ3) is 2.24. The van der Waals surface area contributed by atoms with Crippen molar-refractivity contribution in [3.63, 3.8) is 0 Å². The van der Waals surface area contributed by atoms with E-state index >= 15 is 0 Å². The van der Waals surface area contributed by atoms with E-state index in [-0.39, 0.29) is 11.8 Å². The van der Waals surface area contributed by atoms with Gasteiger partial charge in [0.15, 0.2) is 0 Å². The SMILES string of the molecule is Cc1ccc(NC(=O)C2C=CCC2)c2cccnc12. The summed E-state index contributed by atoms with van der Waals surface area (Å²) in [5.41, 5.74) is 2.91. The molecule has 1 aliphatic carbocycles. The van der Waals surface area contributed by atoms with Gasteiger partial charge in [0, 0.05) is 11.6 Å². The van der Waals surface area contributed by atoms with Gasteiger partial charge < -0.3 is 5.32 Å². The second kappa shape index (κ2) is 4.84. The molecular weight excluding hydrogens is 236 g/mol. The zero-order valence-corrected chi connectivity index (χ0v) is 10.9. The van der Waals surface area contributed by atoms with Crippen molar-refractivity contribution in [1.82, 2.24) is 4.98 Å². The minimum atomic E-state index is 0.00743. The molecule has 1 aliphatic rings. The number of amides is 1. The smallest absolute Gasteiger partial charge is 0.231 e. The first-order valence-electron chi connectivity index (χ1n) is 6.57. The van der Waals surface area contributed by atoms with Crippen molar-refractivity contribution in [3.8, 4) is 0 Å². The largest absolute Gasteiger partial charge is 0.325 e. The molecule has 96 valence electrons. The van der Waals surface area contributed by atoms with E-state index in [4.69, 9.17) is 0 Å². The van der Waals surface area contributed by atoms with Gasteiger partial charge in [0.2, 0.25) is 5.91 Å². The van der Waals surface area contributed by atoms with Crippen LogP contribution in [0.1, 0.15) is 18.4 Å².